The predicted molar refractivity (Wildman–Crippen MR) is 83.3 cm³/mol. The van der Waals surface area contributed by atoms with Gasteiger partial charge in [0.15, 0.2) is 0 Å². The molecule has 0 fully saturated rings. The van der Waals surface area contributed by atoms with Gasteiger partial charge in [-0.05, 0) is 46.1 Å². The number of halogens is 1. The summed E-state index contributed by atoms with van der Waals surface area (Å²) in [5, 5.41) is 0. The number of benzene rings is 1. The van der Waals surface area contributed by atoms with Gasteiger partial charge < -0.3 is 15.5 Å². The Morgan fingerprint density at radius 1 is 1.42 bits per heavy atom. The Bertz CT molecular complexity index is 448. The molecule has 0 heterocycles. The first kappa shape index (κ1) is 16.0. The number of amides is 1. The van der Waals surface area contributed by atoms with Crippen LogP contribution >= 0.6 is 15.9 Å². The molecule has 0 saturated carbocycles. The van der Waals surface area contributed by atoms with Crippen molar-refractivity contribution in [3.63, 3.8) is 0 Å². The Kier molecular flexibility index (Phi) is 5.82. The molecule has 1 atom stereocenters. The van der Waals surface area contributed by atoms with E-state index >= 15 is 0 Å². The third-order valence-corrected chi connectivity index (χ3v) is 3.50. The lowest BCUT2D eigenvalue weighted by molar-refractivity contribution is 0.0680. The highest BCUT2D eigenvalue weighted by Gasteiger charge is 2.22. The first-order valence-electron chi connectivity index (χ1n) is 6.37. The minimum Gasteiger partial charge on any atom is -0.398 e. The molecule has 1 amide bonds. The van der Waals surface area contributed by atoms with Crippen LogP contribution in [0.5, 0.6) is 0 Å². The minimum absolute atomic E-state index is 0.0179. The topological polar surface area (TPSA) is 49.6 Å². The van der Waals surface area contributed by atoms with Crippen molar-refractivity contribution >= 4 is 27.5 Å². The minimum atomic E-state index is -0.0179. The third-order valence-electron chi connectivity index (χ3n) is 3.01. The van der Waals surface area contributed by atoms with Crippen molar-refractivity contribution in [1.29, 1.82) is 0 Å². The molecule has 1 aromatic carbocycles. The maximum Gasteiger partial charge on any atom is 0.256 e. The summed E-state index contributed by atoms with van der Waals surface area (Å²) in [6, 6.07) is 5.52. The van der Waals surface area contributed by atoms with E-state index in [-0.39, 0.29) is 11.9 Å². The number of carbonyl (C=O) groups is 1. The summed E-state index contributed by atoms with van der Waals surface area (Å²) in [6.07, 6.45) is 0. The van der Waals surface area contributed by atoms with Crippen molar-refractivity contribution in [3.05, 3.63) is 28.2 Å². The number of nitrogen functional groups attached to an aromatic ring is 1. The third kappa shape index (κ3) is 4.21. The molecule has 19 heavy (non-hydrogen) atoms. The van der Waals surface area contributed by atoms with Gasteiger partial charge in [0, 0.05) is 29.3 Å². The summed E-state index contributed by atoms with van der Waals surface area (Å²) < 4.78 is 0.862. The molecule has 0 aliphatic carbocycles. The zero-order chi connectivity index (χ0) is 14.6. The van der Waals surface area contributed by atoms with Crippen molar-refractivity contribution < 1.29 is 4.79 Å². The van der Waals surface area contributed by atoms with Crippen LogP contribution in [0.15, 0.2) is 22.7 Å². The fourth-order valence-electron chi connectivity index (χ4n) is 2.15. The number of nitrogens with two attached hydrogens (primary N) is 1. The summed E-state index contributed by atoms with van der Waals surface area (Å²) in [5.41, 5.74) is 6.98. The maximum absolute atomic E-state index is 12.6. The number of rotatable bonds is 5. The van der Waals surface area contributed by atoms with Crippen LogP contribution in [0.2, 0.25) is 0 Å². The zero-order valence-electron chi connectivity index (χ0n) is 12.0. The monoisotopic (exact) mass is 327 g/mol. The van der Waals surface area contributed by atoms with Crippen LogP contribution in [0.4, 0.5) is 5.69 Å². The van der Waals surface area contributed by atoms with Gasteiger partial charge in [-0.25, -0.2) is 0 Å². The van der Waals surface area contributed by atoms with Crippen molar-refractivity contribution in [3.8, 4) is 0 Å². The fraction of sp³-hybridized carbons (Fsp3) is 0.500. The van der Waals surface area contributed by atoms with Crippen LogP contribution < -0.4 is 5.73 Å². The molecule has 0 aliphatic heterocycles. The number of hydrogen-bond donors (Lipinski definition) is 1. The van der Waals surface area contributed by atoms with Gasteiger partial charge in [0.2, 0.25) is 0 Å². The van der Waals surface area contributed by atoms with E-state index in [1.807, 2.05) is 32.0 Å². The Labute approximate surface area is 123 Å². The summed E-state index contributed by atoms with van der Waals surface area (Å²) in [7, 11) is 4.00. The second-order valence-corrected chi connectivity index (χ2v) is 5.85. The number of anilines is 1. The first-order chi connectivity index (χ1) is 8.86. The van der Waals surface area contributed by atoms with Gasteiger partial charge in [-0.1, -0.05) is 15.9 Å². The summed E-state index contributed by atoms with van der Waals surface area (Å²) >= 11 is 3.38. The van der Waals surface area contributed by atoms with E-state index in [0.717, 1.165) is 11.0 Å². The second-order valence-electron chi connectivity index (χ2n) is 4.93. The average Bonchev–Trinajstić information content (AvgIpc) is 2.32. The highest BCUT2D eigenvalue weighted by Crippen LogP contribution is 2.21. The van der Waals surface area contributed by atoms with Gasteiger partial charge in [-0.3, -0.25) is 4.79 Å². The Morgan fingerprint density at radius 2 is 2.05 bits per heavy atom. The van der Waals surface area contributed by atoms with Crippen LogP contribution in [-0.4, -0.2) is 48.9 Å². The van der Waals surface area contributed by atoms with Gasteiger partial charge in [-0.2, -0.15) is 0 Å². The molecule has 4 nitrogen and oxygen atoms in total. The first-order valence-corrected chi connectivity index (χ1v) is 7.16. The molecule has 5 heteroatoms. The molecule has 1 unspecified atom stereocenters. The molecule has 0 aromatic heterocycles. The van der Waals surface area contributed by atoms with Crippen LogP contribution in [0, 0.1) is 0 Å². The van der Waals surface area contributed by atoms with E-state index in [1.54, 1.807) is 12.1 Å². The highest BCUT2D eigenvalue weighted by molar-refractivity contribution is 9.10. The standard InChI is InChI=1S/C14H22BrN3O/c1-5-18(10(2)9-17(3)4)14(19)12-8-11(15)6-7-13(12)16/h6-8,10H,5,9,16H2,1-4H3. The average molecular weight is 328 g/mol. The van der Waals surface area contributed by atoms with Crippen LogP contribution in [-0.2, 0) is 0 Å². The summed E-state index contributed by atoms with van der Waals surface area (Å²) in [6.45, 7) is 5.53. The molecule has 0 bridgehead atoms. The molecule has 0 aliphatic rings. The molecule has 1 rings (SSSR count). The molecule has 0 radical (unpaired) electrons. The van der Waals surface area contributed by atoms with Gasteiger partial charge in [0.25, 0.3) is 5.91 Å². The van der Waals surface area contributed by atoms with Crippen LogP contribution in [0.3, 0.4) is 0 Å². The number of likely N-dealkylation sites (N-methyl/N-ethyl adjacent to an activating group) is 2. The smallest absolute Gasteiger partial charge is 0.256 e. The molecule has 106 valence electrons. The Morgan fingerprint density at radius 3 is 2.58 bits per heavy atom. The van der Waals surface area contributed by atoms with E-state index in [4.69, 9.17) is 5.73 Å². The molecular formula is C14H22BrN3O. The van der Waals surface area contributed by atoms with Crippen molar-refractivity contribution in [1.82, 2.24) is 9.80 Å². The predicted octanol–water partition coefficient (Wildman–Crippen LogP) is 2.44. The molecule has 0 saturated heterocycles. The van der Waals surface area contributed by atoms with Gasteiger partial charge in [-0.15, -0.1) is 0 Å². The van der Waals surface area contributed by atoms with E-state index in [1.165, 1.54) is 0 Å². The lowest BCUT2D eigenvalue weighted by atomic mass is 10.1. The summed E-state index contributed by atoms with van der Waals surface area (Å²) in [5.74, 6) is -0.0179. The number of carbonyl (C=O) groups excluding carboxylic acids is 1. The van der Waals surface area contributed by atoms with E-state index in [2.05, 4.69) is 27.8 Å². The van der Waals surface area contributed by atoms with E-state index < -0.39 is 0 Å². The van der Waals surface area contributed by atoms with Crippen molar-refractivity contribution in [2.45, 2.75) is 19.9 Å². The fourth-order valence-corrected chi connectivity index (χ4v) is 2.51. The number of hydrogen-bond acceptors (Lipinski definition) is 3. The van der Waals surface area contributed by atoms with Crippen LogP contribution in [0.25, 0.3) is 0 Å². The Balaban J connectivity index is 2.98. The van der Waals surface area contributed by atoms with Gasteiger partial charge in [0.05, 0.1) is 5.56 Å². The normalized spacial score (nSPS) is 12.5. The highest BCUT2D eigenvalue weighted by atomic mass is 79.9. The lowest BCUT2D eigenvalue weighted by Crippen LogP contribution is -2.43. The Hall–Kier alpha value is -1.07. The molecular weight excluding hydrogens is 306 g/mol. The molecule has 2 N–H and O–H groups in total. The largest absolute Gasteiger partial charge is 0.398 e. The van der Waals surface area contributed by atoms with Crippen molar-refractivity contribution in [2.75, 3.05) is 32.9 Å². The SMILES string of the molecule is CCN(C(=O)c1cc(Br)ccc1N)C(C)CN(C)C. The van der Waals surface area contributed by atoms with E-state index in [0.29, 0.717) is 17.8 Å². The molecule has 1 aromatic rings. The van der Waals surface area contributed by atoms with E-state index in [9.17, 15) is 4.79 Å². The quantitative estimate of drug-likeness (QED) is 0.845. The lowest BCUT2D eigenvalue weighted by Gasteiger charge is -2.30. The van der Waals surface area contributed by atoms with Gasteiger partial charge >= 0.3 is 0 Å². The summed E-state index contributed by atoms with van der Waals surface area (Å²) in [4.78, 5) is 16.5. The second kappa shape index (κ2) is 6.91. The van der Waals surface area contributed by atoms with Crippen molar-refractivity contribution in [2.24, 2.45) is 0 Å². The van der Waals surface area contributed by atoms with Crippen LogP contribution in [0.1, 0.15) is 24.2 Å². The number of nitrogens with zero attached hydrogens (tertiary/aromatic N) is 2. The maximum atomic E-state index is 12.6. The zero-order valence-corrected chi connectivity index (χ0v) is 13.6. The molecule has 0 spiro atoms. The van der Waals surface area contributed by atoms with Gasteiger partial charge in [0.1, 0.15) is 0 Å².